The molecule has 8 nitrogen and oxygen atoms in total. The van der Waals surface area contributed by atoms with Gasteiger partial charge in [0.25, 0.3) is 0 Å². The Hall–Kier alpha value is -2.48. The number of urea groups is 1. The third-order valence-electron chi connectivity index (χ3n) is 4.17. The number of benzene rings is 1. The molecule has 1 aromatic rings. The van der Waals surface area contributed by atoms with Crippen LogP contribution in [0.5, 0.6) is 11.5 Å². The molecule has 2 rings (SSSR count). The zero-order valence-corrected chi connectivity index (χ0v) is 14.8. The monoisotopic (exact) mass is 351 g/mol. The summed E-state index contributed by atoms with van der Waals surface area (Å²) >= 11 is 0. The van der Waals surface area contributed by atoms with E-state index in [0.29, 0.717) is 30.3 Å². The van der Waals surface area contributed by atoms with E-state index < -0.39 is 0 Å². The summed E-state index contributed by atoms with van der Waals surface area (Å²) in [6.45, 7) is 2.89. The first-order chi connectivity index (χ1) is 12.0. The lowest BCUT2D eigenvalue weighted by Gasteiger charge is -2.23. The number of ether oxygens (including phenoxy) is 2. The van der Waals surface area contributed by atoms with Gasteiger partial charge in [-0.1, -0.05) is 0 Å². The normalized spacial score (nSPS) is 16.7. The van der Waals surface area contributed by atoms with Crippen molar-refractivity contribution in [1.29, 1.82) is 0 Å². The zero-order valence-electron chi connectivity index (χ0n) is 14.8. The molecule has 25 heavy (non-hydrogen) atoms. The number of amides is 3. The average molecular weight is 351 g/mol. The van der Waals surface area contributed by atoms with E-state index in [4.69, 9.17) is 14.6 Å². The third kappa shape index (κ3) is 4.33. The van der Waals surface area contributed by atoms with Gasteiger partial charge in [0.2, 0.25) is 5.91 Å². The van der Waals surface area contributed by atoms with Crippen molar-refractivity contribution in [1.82, 2.24) is 10.2 Å². The first kappa shape index (κ1) is 18.9. The highest BCUT2D eigenvalue weighted by Crippen LogP contribution is 2.33. The number of anilines is 1. The van der Waals surface area contributed by atoms with Crippen LogP contribution in [-0.2, 0) is 4.79 Å². The average Bonchev–Trinajstić information content (AvgIpc) is 2.98. The van der Waals surface area contributed by atoms with Crippen LogP contribution in [0, 0.1) is 0 Å². The summed E-state index contributed by atoms with van der Waals surface area (Å²) in [5.41, 5.74) is 0.696. The van der Waals surface area contributed by atoms with Crippen LogP contribution in [-0.4, -0.2) is 68.4 Å². The van der Waals surface area contributed by atoms with Crippen LogP contribution in [0.3, 0.4) is 0 Å². The number of aliphatic hydroxyl groups is 1. The molecule has 1 aliphatic rings. The smallest absolute Gasteiger partial charge is 0.317 e. The van der Waals surface area contributed by atoms with Gasteiger partial charge in [-0.25, -0.2) is 4.79 Å². The van der Waals surface area contributed by atoms with Gasteiger partial charge in [0, 0.05) is 37.8 Å². The maximum atomic E-state index is 12.3. The van der Waals surface area contributed by atoms with E-state index in [9.17, 15) is 9.59 Å². The predicted octanol–water partition coefficient (Wildman–Crippen LogP) is 0.833. The Balaban J connectivity index is 2.06. The Morgan fingerprint density at radius 1 is 1.36 bits per heavy atom. The van der Waals surface area contributed by atoms with Crippen molar-refractivity contribution < 1.29 is 24.2 Å². The highest BCUT2D eigenvalue weighted by Gasteiger charge is 2.32. The Labute approximate surface area is 147 Å². The summed E-state index contributed by atoms with van der Waals surface area (Å²) in [7, 11) is 3.09. The number of aliphatic hydroxyl groups excluding tert-OH is 1. The number of likely N-dealkylation sites (N-methyl/N-ethyl adjacent to an activating group) is 1. The number of rotatable bonds is 7. The van der Waals surface area contributed by atoms with Crippen molar-refractivity contribution in [2.24, 2.45) is 0 Å². The van der Waals surface area contributed by atoms with Gasteiger partial charge in [0.1, 0.15) is 0 Å². The molecule has 8 heteroatoms. The largest absolute Gasteiger partial charge is 0.493 e. The highest BCUT2D eigenvalue weighted by molar-refractivity contribution is 5.97. The number of carbonyl (C=O) groups excluding carboxylic acids is 2. The van der Waals surface area contributed by atoms with E-state index in [1.807, 2.05) is 6.92 Å². The van der Waals surface area contributed by atoms with Crippen LogP contribution in [0.1, 0.15) is 13.3 Å². The standard InChI is InChI=1S/C17H25N3O5/c1-4-19(7-8-21)17(23)18-12-9-16(22)20(11-12)13-5-6-14(24-2)15(10-13)25-3/h5-6,10,12,21H,4,7-9,11H2,1-3H3,(H,18,23)/t12-/m1/s1. The second-order valence-electron chi connectivity index (χ2n) is 5.70. The summed E-state index contributed by atoms with van der Waals surface area (Å²) in [6.07, 6.45) is 0.233. The SMILES string of the molecule is CCN(CCO)C(=O)N[C@@H]1CC(=O)N(c2ccc(OC)c(OC)c2)C1. The fraction of sp³-hybridized carbons (Fsp3) is 0.529. The van der Waals surface area contributed by atoms with Crippen molar-refractivity contribution >= 4 is 17.6 Å². The second-order valence-corrected chi connectivity index (χ2v) is 5.70. The molecular weight excluding hydrogens is 326 g/mol. The zero-order chi connectivity index (χ0) is 18.4. The maximum Gasteiger partial charge on any atom is 0.317 e. The van der Waals surface area contributed by atoms with Gasteiger partial charge in [0.05, 0.1) is 26.9 Å². The molecule has 1 fully saturated rings. The number of carbonyl (C=O) groups is 2. The van der Waals surface area contributed by atoms with Gasteiger partial charge < -0.3 is 29.7 Å². The molecule has 3 amide bonds. The molecule has 1 atom stereocenters. The minimum Gasteiger partial charge on any atom is -0.493 e. The van der Waals surface area contributed by atoms with Crippen molar-refractivity contribution in [3.8, 4) is 11.5 Å². The third-order valence-corrected chi connectivity index (χ3v) is 4.17. The lowest BCUT2D eigenvalue weighted by atomic mass is 10.2. The van der Waals surface area contributed by atoms with Gasteiger partial charge in [-0.2, -0.15) is 0 Å². The van der Waals surface area contributed by atoms with Crippen molar-refractivity contribution in [2.75, 3.05) is 45.4 Å². The molecule has 1 aliphatic heterocycles. The lowest BCUT2D eigenvalue weighted by Crippen LogP contribution is -2.46. The summed E-state index contributed by atoms with van der Waals surface area (Å²) in [5.74, 6) is 1.06. The van der Waals surface area contributed by atoms with Crippen LogP contribution in [0.4, 0.5) is 10.5 Å². The second kappa shape index (κ2) is 8.57. The van der Waals surface area contributed by atoms with Gasteiger partial charge in [-0.05, 0) is 19.1 Å². The fourth-order valence-electron chi connectivity index (χ4n) is 2.84. The molecule has 1 aromatic carbocycles. The molecule has 0 saturated carbocycles. The minimum absolute atomic E-state index is 0.0669. The molecular formula is C17H25N3O5. The summed E-state index contributed by atoms with van der Waals surface area (Å²) in [5, 5.41) is 11.8. The Kier molecular flexibility index (Phi) is 6.46. The number of hydrogen-bond acceptors (Lipinski definition) is 5. The summed E-state index contributed by atoms with van der Waals surface area (Å²) < 4.78 is 10.5. The van der Waals surface area contributed by atoms with E-state index in [1.165, 1.54) is 12.0 Å². The molecule has 0 bridgehead atoms. The molecule has 0 unspecified atom stereocenters. The van der Waals surface area contributed by atoms with Crippen LogP contribution in [0.25, 0.3) is 0 Å². The first-order valence-corrected chi connectivity index (χ1v) is 8.22. The summed E-state index contributed by atoms with van der Waals surface area (Å²) in [6, 6.07) is 4.72. The predicted molar refractivity (Wildman–Crippen MR) is 93.2 cm³/mol. The molecule has 2 N–H and O–H groups in total. The van der Waals surface area contributed by atoms with Gasteiger partial charge in [-0.3, -0.25) is 4.79 Å². The van der Waals surface area contributed by atoms with E-state index in [2.05, 4.69) is 5.32 Å². The molecule has 0 radical (unpaired) electrons. The van der Waals surface area contributed by atoms with E-state index in [1.54, 1.807) is 30.2 Å². The van der Waals surface area contributed by atoms with E-state index in [-0.39, 0.29) is 37.6 Å². The molecule has 138 valence electrons. The number of methoxy groups -OCH3 is 2. The topological polar surface area (TPSA) is 91.3 Å². The van der Waals surface area contributed by atoms with Crippen LogP contribution >= 0.6 is 0 Å². The maximum absolute atomic E-state index is 12.3. The Morgan fingerprint density at radius 3 is 2.68 bits per heavy atom. The Bertz CT molecular complexity index is 622. The minimum atomic E-state index is -0.277. The van der Waals surface area contributed by atoms with Crippen molar-refractivity contribution in [3.05, 3.63) is 18.2 Å². The van der Waals surface area contributed by atoms with Crippen molar-refractivity contribution in [2.45, 2.75) is 19.4 Å². The number of nitrogens with one attached hydrogen (secondary N) is 1. The molecule has 0 spiro atoms. The van der Waals surface area contributed by atoms with E-state index >= 15 is 0 Å². The molecule has 1 heterocycles. The van der Waals surface area contributed by atoms with Crippen molar-refractivity contribution in [3.63, 3.8) is 0 Å². The number of hydrogen-bond donors (Lipinski definition) is 2. The fourth-order valence-corrected chi connectivity index (χ4v) is 2.84. The van der Waals surface area contributed by atoms with E-state index in [0.717, 1.165) is 0 Å². The molecule has 0 aromatic heterocycles. The van der Waals surface area contributed by atoms with Gasteiger partial charge in [0.15, 0.2) is 11.5 Å². The number of nitrogens with zero attached hydrogens (tertiary/aromatic N) is 2. The van der Waals surface area contributed by atoms with Gasteiger partial charge in [-0.15, -0.1) is 0 Å². The lowest BCUT2D eigenvalue weighted by molar-refractivity contribution is -0.117. The quantitative estimate of drug-likeness (QED) is 0.759. The first-order valence-electron chi connectivity index (χ1n) is 8.22. The molecule has 0 aliphatic carbocycles. The highest BCUT2D eigenvalue weighted by atomic mass is 16.5. The molecule has 1 saturated heterocycles. The van der Waals surface area contributed by atoms with Crippen LogP contribution in [0.15, 0.2) is 18.2 Å². The Morgan fingerprint density at radius 2 is 2.08 bits per heavy atom. The van der Waals surface area contributed by atoms with Gasteiger partial charge >= 0.3 is 6.03 Å². The van der Waals surface area contributed by atoms with Crippen LogP contribution < -0.4 is 19.7 Å². The summed E-state index contributed by atoms with van der Waals surface area (Å²) in [4.78, 5) is 27.6. The van der Waals surface area contributed by atoms with Crippen LogP contribution in [0.2, 0.25) is 0 Å².